The van der Waals surface area contributed by atoms with E-state index < -0.39 is 11.3 Å². The molecule has 0 aliphatic rings. The Morgan fingerprint density at radius 3 is 2.76 bits per heavy atom. The summed E-state index contributed by atoms with van der Waals surface area (Å²) >= 11 is 1.21. The number of aromatic nitrogens is 4. The van der Waals surface area contributed by atoms with Crippen molar-refractivity contribution >= 4 is 23.7 Å². The van der Waals surface area contributed by atoms with Crippen molar-refractivity contribution < 1.29 is 9.59 Å². The van der Waals surface area contributed by atoms with Crippen molar-refractivity contribution in [2.24, 2.45) is 0 Å². The van der Waals surface area contributed by atoms with Gasteiger partial charge < -0.3 is 10.6 Å². The Kier molecular flexibility index (Phi) is 7.69. The Bertz CT molecular complexity index is 465. The maximum atomic E-state index is 11.8. The fraction of sp³-hybridized carbons (Fsp3) is 0.727. The first kappa shape index (κ1) is 17.4. The van der Waals surface area contributed by atoms with Crippen LogP contribution in [0, 0.1) is 0 Å². The molecule has 0 aliphatic carbocycles. The maximum absolute atomic E-state index is 11.8. The third kappa shape index (κ3) is 6.08. The number of rotatable bonds is 8. The van der Waals surface area contributed by atoms with E-state index in [9.17, 15) is 9.59 Å². The van der Waals surface area contributed by atoms with Crippen LogP contribution in [0.5, 0.6) is 0 Å². The molecule has 0 saturated carbocycles. The summed E-state index contributed by atoms with van der Waals surface area (Å²) in [7, 11) is 0. The van der Waals surface area contributed by atoms with Crippen LogP contribution in [0.1, 0.15) is 20.8 Å². The number of hydrogen-bond acceptors (Lipinski definition) is 7. The van der Waals surface area contributed by atoms with Gasteiger partial charge in [0.25, 0.3) is 0 Å². The minimum atomic E-state index is -0.498. The topological polar surface area (TPSA) is 114 Å². The van der Waals surface area contributed by atoms with Gasteiger partial charge in [0, 0.05) is 13.1 Å². The molecule has 0 saturated heterocycles. The number of amides is 3. The molecule has 1 aromatic rings. The predicted octanol–water partition coefficient (Wildman–Crippen LogP) is -0.391. The highest BCUT2D eigenvalue weighted by Crippen LogP contribution is 2.19. The van der Waals surface area contributed by atoms with E-state index in [1.165, 1.54) is 11.8 Å². The summed E-state index contributed by atoms with van der Waals surface area (Å²) in [6, 6.07) is -0.498. The van der Waals surface area contributed by atoms with Crippen molar-refractivity contribution in [1.29, 1.82) is 0 Å². The van der Waals surface area contributed by atoms with Crippen LogP contribution in [-0.4, -0.2) is 57.0 Å². The summed E-state index contributed by atoms with van der Waals surface area (Å²) in [6.45, 7) is 8.19. The van der Waals surface area contributed by atoms with Crippen molar-refractivity contribution in [2.75, 3.05) is 19.6 Å². The van der Waals surface area contributed by atoms with Gasteiger partial charge in [0.05, 0.1) is 11.8 Å². The summed E-state index contributed by atoms with van der Waals surface area (Å²) in [4.78, 5) is 23.1. The quantitative estimate of drug-likeness (QED) is 0.442. The Morgan fingerprint density at radius 2 is 2.10 bits per heavy atom. The highest BCUT2D eigenvalue weighted by atomic mass is 32.2. The van der Waals surface area contributed by atoms with Crippen molar-refractivity contribution in [3.63, 3.8) is 0 Å². The molecule has 0 bridgehead atoms. The van der Waals surface area contributed by atoms with Gasteiger partial charge in [-0.05, 0) is 30.8 Å². The standard InChI is InChI=1S/C11H21N7O2S/c1-4-12-6-7-18-11(15-16-17-18)21-8(3)9(19)14-10(20)13-5-2/h8,12H,4-7H2,1-3H3,(H2,13,14,19,20). The number of thioether (sulfide) groups is 1. The SMILES string of the molecule is CCNCCn1nnnc1SC(C)C(=O)NC(=O)NCC. The fourth-order valence-electron chi connectivity index (χ4n) is 1.41. The summed E-state index contributed by atoms with van der Waals surface area (Å²) in [6.07, 6.45) is 0. The zero-order valence-electron chi connectivity index (χ0n) is 12.4. The van der Waals surface area contributed by atoms with Gasteiger partial charge in [0.15, 0.2) is 0 Å². The van der Waals surface area contributed by atoms with E-state index in [4.69, 9.17) is 0 Å². The van der Waals surface area contributed by atoms with Crippen LogP contribution in [-0.2, 0) is 11.3 Å². The lowest BCUT2D eigenvalue weighted by molar-refractivity contribution is -0.119. The Balaban J connectivity index is 2.50. The second-order valence-electron chi connectivity index (χ2n) is 4.15. The molecule has 1 rings (SSSR count). The van der Waals surface area contributed by atoms with Gasteiger partial charge in [-0.3, -0.25) is 10.1 Å². The van der Waals surface area contributed by atoms with Crippen LogP contribution in [0.15, 0.2) is 5.16 Å². The van der Waals surface area contributed by atoms with E-state index in [-0.39, 0.29) is 5.91 Å². The average molecular weight is 315 g/mol. The van der Waals surface area contributed by atoms with Gasteiger partial charge in [-0.15, -0.1) is 5.10 Å². The van der Waals surface area contributed by atoms with E-state index in [1.54, 1.807) is 18.5 Å². The number of imide groups is 1. The van der Waals surface area contributed by atoms with Crippen LogP contribution in [0.2, 0.25) is 0 Å². The molecular formula is C11H21N7O2S. The lowest BCUT2D eigenvalue weighted by Gasteiger charge is -2.11. The molecule has 9 nitrogen and oxygen atoms in total. The molecule has 0 radical (unpaired) electrons. The monoisotopic (exact) mass is 315 g/mol. The molecule has 0 fully saturated rings. The highest BCUT2D eigenvalue weighted by Gasteiger charge is 2.20. The van der Waals surface area contributed by atoms with Crippen LogP contribution < -0.4 is 16.0 Å². The number of likely N-dealkylation sites (N-methyl/N-ethyl adjacent to an activating group) is 1. The normalized spacial score (nSPS) is 12.0. The number of tetrazole rings is 1. The molecule has 3 N–H and O–H groups in total. The smallest absolute Gasteiger partial charge is 0.321 e. The van der Waals surface area contributed by atoms with Crippen molar-refractivity contribution in [3.8, 4) is 0 Å². The lowest BCUT2D eigenvalue weighted by Crippen LogP contribution is -2.42. The number of nitrogens with zero attached hydrogens (tertiary/aromatic N) is 4. The van der Waals surface area contributed by atoms with E-state index in [0.29, 0.717) is 18.2 Å². The van der Waals surface area contributed by atoms with E-state index in [0.717, 1.165) is 13.1 Å². The van der Waals surface area contributed by atoms with Gasteiger partial charge in [0.1, 0.15) is 0 Å². The molecule has 0 spiro atoms. The molecule has 21 heavy (non-hydrogen) atoms. The molecular weight excluding hydrogens is 294 g/mol. The van der Waals surface area contributed by atoms with Crippen LogP contribution in [0.25, 0.3) is 0 Å². The first-order chi connectivity index (χ1) is 10.1. The highest BCUT2D eigenvalue weighted by molar-refractivity contribution is 8.00. The molecule has 1 atom stereocenters. The minimum Gasteiger partial charge on any atom is -0.338 e. The van der Waals surface area contributed by atoms with Gasteiger partial charge in [-0.1, -0.05) is 18.7 Å². The Hall–Kier alpha value is -1.68. The van der Waals surface area contributed by atoms with Gasteiger partial charge >= 0.3 is 6.03 Å². The Labute approximate surface area is 127 Å². The van der Waals surface area contributed by atoms with Crippen LogP contribution in [0.3, 0.4) is 0 Å². The number of hydrogen-bond donors (Lipinski definition) is 3. The third-order valence-electron chi connectivity index (χ3n) is 2.47. The van der Waals surface area contributed by atoms with Crippen LogP contribution in [0.4, 0.5) is 4.79 Å². The summed E-state index contributed by atoms with van der Waals surface area (Å²) in [5.41, 5.74) is 0. The molecule has 1 heterocycles. The van der Waals surface area contributed by atoms with Gasteiger partial charge in [0.2, 0.25) is 11.1 Å². The first-order valence-corrected chi connectivity index (χ1v) is 7.68. The molecule has 0 aliphatic heterocycles. The Morgan fingerprint density at radius 1 is 1.33 bits per heavy atom. The number of carbonyl (C=O) groups is 2. The zero-order valence-corrected chi connectivity index (χ0v) is 13.2. The molecule has 1 unspecified atom stereocenters. The number of urea groups is 1. The maximum Gasteiger partial charge on any atom is 0.321 e. The minimum absolute atomic E-state index is 0.382. The van der Waals surface area contributed by atoms with Crippen molar-refractivity contribution in [1.82, 2.24) is 36.2 Å². The second-order valence-corrected chi connectivity index (χ2v) is 5.45. The van der Waals surface area contributed by atoms with Crippen LogP contribution >= 0.6 is 11.8 Å². The number of nitrogens with one attached hydrogen (secondary N) is 3. The molecule has 118 valence electrons. The second kappa shape index (κ2) is 9.29. The van der Waals surface area contributed by atoms with Gasteiger partial charge in [-0.25, -0.2) is 9.48 Å². The van der Waals surface area contributed by atoms with Gasteiger partial charge in [-0.2, -0.15) is 0 Å². The lowest BCUT2D eigenvalue weighted by atomic mass is 10.4. The third-order valence-corrected chi connectivity index (χ3v) is 3.55. The first-order valence-electron chi connectivity index (χ1n) is 6.80. The largest absolute Gasteiger partial charge is 0.338 e. The van der Waals surface area contributed by atoms with Crippen molar-refractivity contribution in [2.45, 2.75) is 37.7 Å². The molecule has 3 amide bonds. The summed E-state index contributed by atoms with van der Waals surface area (Å²) < 4.78 is 1.63. The predicted molar refractivity (Wildman–Crippen MR) is 78.9 cm³/mol. The van der Waals surface area contributed by atoms with E-state index in [1.807, 2.05) is 6.92 Å². The molecule has 10 heteroatoms. The molecule has 0 aromatic carbocycles. The van der Waals surface area contributed by atoms with Crippen molar-refractivity contribution in [3.05, 3.63) is 0 Å². The molecule has 1 aromatic heterocycles. The zero-order chi connectivity index (χ0) is 15.7. The van der Waals surface area contributed by atoms with E-state index >= 15 is 0 Å². The summed E-state index contributed by atoms with van der Waals surface area (Å²) in [5.74, 6) is -0.382. The summed E-state index contributed by atoms with van der Waals surface area (Å²) in [5, 5.41) is 19.4. The fourth-order valence-corrected chi connectivity index (χ4v) is 2.23. The van der Waals surface area contributed by atoms with E-state index in [2.05, 4.69) is 31.5 Å². The number of carbonyl (C=O) groups excluding carboxylic acids is 2. The average Bonchev–Trinajstić information content (AvgIpc) is 2.86.